The van der Waals surface area contributed by atoms with Crippen molar-refractivity contribution in [2.24, 2.45) is 0 Å². The second-order valence-electron chi connectivity index (χ2n) is 3.35. The number of hydrogen-bond acceptors (Lipinski definition) is 2. The lowest BCUT2D eigenvalue weighted by molar-refractivity contribution is -0.127. The number of allylic oxidation sites excluding steroid dienone is 1. The van der Waals surface area contributed by atoms with Crippen LogP contribution in [0.2, 0.25) is 0 Å². The number of benzene rings is 1. The van der Waals surface area contributed by atoms with Crippen LogP contribution in [0.25, 0.3) is 6.08 Å². The van der Waals surface area contributed by atoms with E-state index in [9.17, 15) is 9.59 Å². The van der Waals surface area contributed by atoms with Gasteiger partial charge in [0.05, 0.1) is 5.70 Å². The van der Waals surface area contributed by atoms with Gasteiger partial charge in [0.15, 0.2) is 0 Å². The highest BCUT2D eigenvalue weighted by molar-refractivity contribution is 5.90. The summed E-state index contributed by atoms with van der Waals surface area (Å²) in [4.78, 5) is 23.5. The molecule has 1 aromatic rings. The van der Waals surface area contributed by atoms with Gasteiger partial charge in [-0.25, -0.2) is 0 Å². The van der Waals surface area contributed by atoms with Crippen molar-refractivity contribution in [2.75, 3.05) is 7.05 Å². The van der Waals surface area contributed by atoms with Crippen LogP contribution in [0.1, 0.15) is 18.9 Å². The molecule has 0 bridgehead atoms. The summed E-state index contributed by atoms with van der Waals surface area (Å²) in [6.45, 7) is 1.75. The quantitative estimate of drug-likeness (QED) is 0.722. The summed E-state index contributed by atoms with van der Waals surface area (Å²) in [6.07, 6.45) is 3.79. The van der Waals surface area contributed by atoms with Crippen LogP contribution in [-0.4, -0.2) is 24.1 Å². The summed E-state index contributed by atoms with van der Waals surface area (Å²) in [5.74, 6) is -0.106. The van der Waals surface area contributed by atoms with Gasteiger partial charge >= 0.3 is 0 Å². The van der Waals surface area contributed by atoms with Crippen molar-refractivity contribution in [3.05, 3.63) is 41.6 Å². The highest BCUT2D eigenvalue weighted by Crippen LogP contribution is 2.08. The highest BCUT2D eigenvalue weighted by atomic mass is 16.2. The molecule has 1 radical (unpaired) electrons. The van der Waals surface area contributed by atoms with E-state index >= 15 is 0 Å². The minimum absolute atomic E-state index is 0.106. The van der Waals surface area contributed by atoms with Crippen LogP contribution < -0.4 is 0 Å². The van der Waals surface area contributed by atoms with Crippen LogP contribution in [0.3, 0.4) is 0 Å². The summed E-state index contributed by atoms with van der Waals surface area (Å²) in [5, 5.41) is 0. The third-order valence-corrected chi connectivity index (χ3v) is 2.25. The average Bonchev–Trinajstić information content (AvgIpc) is 2.35. The monoisotopic (exact) mass is 216 g/mol. The van der Waals surface area contributed by atoms with Crippen molar-refractivity contribution < 1.29 is 9.59 Å². The molecule has 1 aromatic carbocycles. The van der Waals surface area contributed by atoms with Crippen LogP contribution in [0, 0.1) is 0 Å². The molecule has 0 spiro atoms. The Hall–Kier alpha value is -1.90. The summed E-state index contributed by atoms with van der Waals surface area (Å²) >= 11 is 0. The Kier molecular flexibility index (Phi) is 4.45. The predicted octanol–water partition coefficient (Wildman–Crippen LogP) is 2.01. The fourth-order valence-electron chi connectivity index (χ4n) is 1.27. The Morgan fingerprint density at radius 1 is 1.38 bits per heavy atom. The molecular formula is C13H14NO2. The molecule has 16 heavy (non-hydrogen) atoms. The molecule has 3 nitrogen and oxygen atoms in total. The molecule has 1 rings (SSSR count). The van der Waals surface area contributed by atoms with Gasteiger partial charge in [-0.3, -0.25) is 9.59 Å². The number of amides is 1. The summed E-state index contributed by atoms with van der Waals surface area (Å²) in [7, 11) is 1.57. The number of nitrogens with zero attached hydrogens (tertiary/aromatic N) is 1. The van der Waals surface area contributed by atoms with Crippen molar-refractivity contribution in [3.63, 3.8) is 0 Å². The van der Waals surface area contributed by atoms with Crippen LogP contribution in [-0.2, 0) is 9.59 Å². The lowest BCUT2D eigenvalue weighted by Crippen LogP contribution is -2.25. The smallest absolute Gasteiger partial charge is 0.251 e. The van der Waals surface area contributed by atoms with Crippen molar-refractivity contribution in [3.8, 4) is 0 Å². The third-order valence-electron chi connectivity index (χ3n) is 2.25. The normalized spacial score (nSPS) is 11.0. The van der Waals surface area contributed by atoms with E-state index in [1.54, 1.807) is 26.3 Å². The van der Waals surface area contributed by atoms with Crippen LogP contribution in [0.5, 0.6) is 0 Å². The van der Waals surface area contributed by atoms with Crippen molar-refractivity contribution in [1.29, 1.82) is 0 Å². The minimum Gasteiger partial charge on any atom is -0.312 e. The van der Waals surface area contributed by atoms with E-state index in [-0.39, 0.29) is 11.6 Å². The second kappa shape index (κ2) is 5.85. The number of hydrogen-bond donors (Lipinski definition) is 0. The first kappa shape index (κ1) is 12.2. The van der Waals surface area contributed by atoms with Crippen molar-refractivity contribution in [1.82, 2.24) is 4.90 Å². The van der Waals surface area contributed by atoms with Crippen LogP contribution >= 0.6 is 0 Å². The van der Waals surface area contributed by atoms with Gasteiger partial charge in [0.25, 0.3) is 6.29 Å². The highest BCUT2D eigenvalue weighted by Gasteiger charge is 2.11. The molecule has 83 valence electrons. The largest absolute Gasteiger partial charge is 0.312 e. The molecule has 0 fully saturated rings. The molecule has 0 atom stereocenters. The van der Waals surface area contributed by atoms with Gasteiger partial charge in [0, 0.05) is 13.5 Å². The number of likely N-dealkylation sites (N-methyl/N-ethyl adjacent to an activating group) is 1. The Balaban J connectivity index is 2.94. The van der Waals surface area contributed by atoms with Gasteiger partial charge in [-0.2, -0.15) is 0 Å². The first-order valence-electron chi connectivity index (χ1n) is 5.10. The lowest BCUT2D eigenvalue weighted by Gasteiger charge is -2.15. The Morgan fingerprint density at radius 2 is 2.00 bits per heavy atom. The number of rotatable bonds is 4. The molecule has 0 saturated heterocycles. The standard InChI is InChI=1S/C13H14NO2/c1-3-13(16)14(2)12(10-15)9-11-7-5-4-6-8-11/h4-9H,3H2,1-2H3. The summed E-state index contributed by atoms with van der Waals surface area (Å²) in [5.41, 5.74) is 1.12. The molecule has 0 N–H and O–H groups in total. The van der Waals surface area contributed by atoms with E-state index in [1.807, 2.05) is 30.3 Å². The van der Waals surface area contributed by atoms with E-state index < -0.39 is 0 Å². The van der Waals surface area contributed by atoms with E-state index in [0.717, 1.165) is 5.56 Å². The van der Waals surface area contributed by atoms with Gasteiger partial charge in [-0.05, 0) is 11.6 Å². The van der Waals surface area contributed by atoms with E-state index in [4.69, 9.17) is 0 Å². The first-order valence-corrected chi connectivity index (χ1v) is 5.10. The molecule has 1 amide bonds. The topological polar surface area (TPSA) is 37.4 Å². The number of carbonyl (C=O) groups is 1. The summed E-state index contributed by atoms with van der Waals surface area (Å²) < 4.78 is 0. The molecular weight excluding hydrogens is 202 g/mol. The third kappa shape index (κ3) is 3.05. The summed E-state index contributed by atoms with van der Waals surface area (Å²) in [6, 6.07) is 9.36. The number of carbonyl (C=O) groups excluding carboxylic acids is 2. The maximum Gasteiger partial charge on any atom is 0.251 e. The van der Waals surface area contributed by atoms with Crippen LogP contribution in [0.4, 0.5) is 0 Å². The average molecular weight is 216 g/mol. The fourth-order valence-corrected chi connectivity index (χ4v) is 1.27. The van der Waals surface area contributed by atoms with Gasteiger partial charge in [0.1, 0.15) is 0 Å². The maximum atomic E-state index is 11.4. The molecule has 0 aliphatic rings. The van der Waals surface area contributed by atoms with Gasteiger partial charge in [-0.15, -0.1) is 0 Å². The molecule has 0 aliphatic carbocycles. The zero-order chi connectivity index (χ0) is 12.0. The molecule has 0 unspecified atom stereocenters. The zero-order valence-corrected chi connectivity index (χ0v) is 9.43. The fraction of sp³-hybridized carbons (Fsp3) is 0.231. The SMILES string of the molecule is CCC(=O)N(C)C([C]=O)=Cc1ccccc1. The van der Waals surface area contributed by atoms with E-state index in [2.05, 4.69) is 0 Å². The second-order valence-corrected chi connectivity index (χ2v) is 3.35. The molecule has 0 aromatic heterocycles. The van der Waals surface area contributed by atoms with E-state index in [0.29, 0.717) is 6.42 Å². The lowest BCUT2D eigenvalue weighted by atomic mass is 10.2. The predicted molar refractivity (Wildman–Crippen MR) is 63.2 cm³/mol. The molecule has 0 heterocycles. The Morgan fingerprint density at radius 3 is 2.50 bits per heavy atom. The van der Waals surface area contributed by atoms with E-state index in [1.165, 1.54) is 4.90 Å². The molecule has 0 aliphatic heterocycles. The maximum absolute atomic E-state index is 11.4. The van der Waals surface area contributed by atoms with Crippen molar-refractivity contribution in [2.45, 2.75) is 13.3 Å². The Labute approximate surface area is 95.4 Å². The van der Waals surface area contributed by atoms with Gasteiger partial charge in [0.2, 0.25) is 5.91 Å². The van der Waals surface area contributed by atoms with Gasteiger partial charge < -0.3 is 4.90 Å². The van der Waals surface area contributed by atoms with Gasteiger partial charge in [-0.1, -0.05) is 37.3 Å². The Bertz CT molecular complexity index is 396. The van der Waals surface area contributed by atoms with Crippen LogP contribution in [0.15, 0.2) is 36.0 Å². The first-order chi connectivity index (χ1) is 7.69. The zero-order valence-electron chi connectivity index (χ0n) is 9.43. The molecule has 0 saturated carbocycles. The minimum atomic E-state index is -0.106. The molecule has 3 heteroatoms. The van der Waals surface area contributed by atoms with Crippen molar-refractivity contribution >= 4 is 18.3 Å².